The first kappa shape index (κ1) is 16.0. The molecular formula is C16H19N5O3. The van der Waals surface area contributed by atoms with E-state index in [1.54, 1.807) is 18.0 Å². The minimum Gasteiger partial charge on any atom is -0.497 e. The van der Waals surface area contributed by atoms with Gasteiger partial charge in [-0.2, -0.15) is 0 Å². The van der Waals surface area contributed by atoms with Crippen molar-refractivity contribution in [1.82, 2.24) is 20.3 Å². The van der Waals surface area contributed by atoms with Crippen molar-refractivity contribution < 1.29 is 14.3 Å². The number of nitrogens with one attached hydrogen (secondary N) is 2. The minimum atomic E-state index is -0.645. The molecule has 1 aromatic heterocycles. The Kier molecular flexibility index (Phi) is 4.20. The topological polar surface area (TPSA) is 98.1 Å². The van der Waals surface area contributed by atoms with Crippen molar-refractivity contribution in [2.75, 3.05) is 19.0 Å². The fourth-order valence-corrected chi connectivity index (χ4v) is 2.52. The Balaban J connectivity index is 1.71. The van der Waals surface area contributed by atoms with Gasteiger partial charge in [0.15, 0.2) is 5.82 Å². The van der Waals surface area contributed by atoms with Crippen LogP contribution in [-0.2, 0) is 9.59 Å². The second-order valence-electron chi connectivity index (χ2n) is 6.04. The molecule has 2 heterocycles. The van der Waals surface area contributed by atoms with E-state index in [-0.39, 0.29) is 11.8 Å². The van der Waals surface area contributed by atoms with Gasteiger partial charge in [-0.3, -0.25) is 9.59 Å². The highest BCUT2D eigenvalue weighted by Gasteiger charge is 2.37. The fourth-order valence-electron chi connectivity index (χ4n) is 2.52. The number of anilines is 1. The van der Waals surface area contributed by atoms with Gasteiger partial charge < -0.3 is 15.4 Å². The summed E-state index contributed by atoms with van der Waals surface area (Å²) in [5.74, 6) is 0.865. The first-order chi connectivity index (χ1) is 11.5. The molecule has 8 nitrogen and oxygen atoms in total. The molecule has 0 bridgehead atoms. The molecule has 1 unspecified atom stereocenters. The lowest BCUT2D eigenvalue weighted by atomic mass is 9.81. The van der Waals surface area contributed by atoms with E-state index in [0.717, 1.165) is 5.69 Å². The molecule has 1 aromatic carbocycles. The van der Waals surface area contributed by atoms with E-state index in [0.29, 0.717) is 31.0 Å². The summed E-state index contributed by atoms with van der Waals surface area (Å²) >= 11 is 0. The van der Waals surface area contributed by atoms with E-state index >= 15 is 0 Å². The van der Waals surface area contributed by atoms with Crippen molar-refractivity contribution in [1.29, 1.82) is 0 Å². The van der Waals surface area contributed by atoms with Gasteiger partial charge in [0.1, 0.15) is 5.75 Å². The van der Waals surface area contributed by atoms with Crippen LogP contribution >= 0.6 is 0 Å². The van der Waals surface area contributed by atoms with Crippen LogP contribution < -0.4 is 15.4 Å². The maximum atomic E-state index is 12.5. The van der Waals surface area contributed by atoms with Crippen molar-refractivity contribution in [3.8, 4) is 11.4 Å². The minimum absolute atomic E-state index is 0.0238. The smallest absolute Gasteiger partial charge is 0.233 e. The Morgan fingerprint density at radius 1 is 1.46 bits per heavy atom. The highest BCUT2D eigenvalue weighted by Crippen LogP contribution is 2.27. The molecular weight excluding hydrogens is 310 g/mol. The molecule has 1 fully saturated rings. The Morgan fingerprint density at radius 2 is 2.29 bits per heavy atom. The predicted molar refractivity (Wildman–Crippen MR) is 86.9 cm³/mol. The number of hydrogen-bond donors (Lipinski definition) is 2. The molecule has 1 saturated heterocycles. The number of aromatic nitrogens is 3. The maximum absolute atomic E-state index is 12.5. The lowest BCUT2D eigenvalue weighted by Crippen LogP contribution is -2.48. The van der Waals surface area contributed by atoms with Gasteiger partial charge in [-0.1, -0.05) is 11.3 Å². The number of rotatable bonds is 4. The average molecular weight is 329 g/mol. The van der Waals surface area contributed by atoms with Crippen molar-refractivity contribution in [3.05, 3.63) is 30.5 Å². The number of carbonyl (C=O) groups is 2. The van der Waals surface area contributed by atoms with Gasteiger partial charge >= 0.3 is 0 Å². The molecule has 0 spiro atoms. The van der Waals surface area contributed by atoms with Gasteiger partial charge in [0.05, 0.1) is 24.4 Å². The number of piperidine rings is 1. The molecule has 126 valence electrons. The van der Waals surface area contributed by atoms with Crippen LogP contribution in [0.2, 0.25) is 0 Å². The normalized spacial score (nSPS) is 20.3. The van der Waals surface area contributed by atoms with Crippen LogP contribution in [0.3, 0.4) is 0 Å². The second-order valence-corrected chi connectivity index (χ2v) is 6.04. The van der Waals surface area contributed by atoms with Crippen molar-refractivity contribution >= 4 is 17.6 Å². The molecule has 1 aliphatic heterocycles. The molecule has 0 radical (unpaired) electrons. The summed E-state index contributed by atoms with van der Waals surface area (Å²) in [6.45, 7) is 2.15. The number of nitrogens with zero attached hydrogens (tertiary/aromatic N) is 3. The Hall–Kier alpha value is -2.90. The van der Waals surface area contributed by atoms with Gasteiger partial charge in [-0.05, 0) is 25.5 Å². The zero-order chi connectivity index (χ0) is 17.2. The quantitative estimate of drug-likeness (QED) is 0.876. The Morgan fingerprint density at radius 3 is 3.00 bits per heavy atom. The number of carbonyl (C=O) groups excluding carboxylic acids is 2. The average Bonchev–Trinajstić information content (AvgIpc) is 3.06. The van der Waals surface area contributed by atoms with E-state index in [2.05, 4.69) is 20.9 Å². The zero-order valence-electron chi connectivity index (χ0n) is 13.6. The fraction of sp³-hybridized carbons (Fsp3) is 0.375. The predicted octanol–water partition coefficient (Wildman–Crippen LogP) is 1.13. The Labute approximate surface area is 139 Å². The van der Waals surface area contributed by atoms with Crippen molar-refractivity contribution in [2.45, 2.75) is 19.8 Å². The number of amides is 2. The largest absolute Gasteiger partial charge is 0.497 e. The molecule has 24 heavy (non-hydrogen) atoms. The van der Waals surface area contributed by atoms with E-state index in [1.165, 1.54) is 0 Å². The first-order valence-corrected chi connectivity index (χ1v) is 7.65. The van der Waals surface area contributed by atoms with Crippen LogP contribution in [0.25, 0.3) is 5.69 Å². The van der Waals surface area contributed by atoms with Crippen LogP contribution in [-0.4, -0.2) is 40.5 Å². The zero-order valence-corrected chi connectivity index (χ0v) is 13.6. The van der Waals surface area contributed by atoms with E-state index in [9.17, 15) is 9.59 Å². The van der Waals surface area contributed by atoms with E-state index in [1.807, 2.05) is 31.2 Å². The van der Waals surface area contributed by atoms with Crippen LogP contribution in [0.15, 0.2) is 30.5 Å². The lowest BCUT2D eigenvalue weighted by Gasteiger charge is -2.31. The summed E-state index contributed by atoms with van der Waals surface area (Å²) in [5.41, 5.74) is 0.131. The van der Waals surface area contributed by atoms with Crippen LogP contribution in [0.5, 0.6) is 5.75 Å². The molecule has 1 aliphatic rings. The molecule has 0 saturated carbocycles. The number of methoxy groups -OCH3 is 1. The van der Waals surface area contributed by atoms with E-state index in [4.69, 9.17) is 4.74 Å². The summed E-state index contributed by atoms with van der Waals surface area (Å²) in [4.78, 5) is 23.7. The molecule has 8 heteroatoms. The number of benzene rings is 1. The SMILES string of the molecule is COc1cccc(-n2cc(NC(=O)C3(C)CCC(=O)NC3)nn2)c1. The molecule has 2 aromatic rings. The van der Waals surface area contributed by atoms with Gasteiger partial charge in [-0.15, -0.1) is 5.10 Å². The highest BCUT2D eigenvalue weighted by atomic mass is 16.5. The van der Waals surface area contributed by atoms with Crippen molar-refractivity contribution in [2.24, 2.45) is 5.41 Å². The number of hydrogen-bond acceptors (Lipinski definition) is 5. The monoisotopic (exact) mass is 329 g/mol. The number of ether oxygens (including phenoxy) is 1. The standard InChI is InChI=1S/C16H19N5O3/c1-16(7-6-14(22)17-10-16)15(23)18-13-9-21(20-19-13)11-4-3-5-12(8-11)24-2/h3-5,8-9H,6-7,10H2,1-2H3,(H,17,22)(H,18,23). The molecule has 0 aliphatic carbocycles. The molecule has 3 rings (SSSR count). The summed E-state index contributed by atoms with van der Waals surface area (Å²) in [6, 6.07) is 7.36. The van der Waals surface area contributed by atoms with Gasteiger partial charge in [0, 0.05) is 19.0 Å². The first-order valence-electron chi connectivity index (χ1n) is 7.65. The molecule has 2 N–H and O–H groups in total. The van der Waals surface area contributed by atoms with Gasteiger partial charge in [0.25, 0.3) is 0 Å². The Bertz CT molecular complexity index is 761. The summed E-state index contributed by atoms with van der Waals surface area (Å²) in [7, 11) is 1.59. The third-order valence-corrected chi connectivity index (χ3v) is 4.18. The van der Waals surface area contributed by atoms with Gasteiger partial charge in [0.2, 0.25) is 11.8 Å². The summed E-state index contributed by atoms with van der Waals surface area (Å²) in [6.07, 6.45) is 2.49. The van der Waals surface area contributed by atoms with Crippen LogP contribution in [0.1, 0.15) is 19.8 Å². The van der Waals surface area contributed by atoms with Crippen molar-refractivity contribution in [3.63, 3.8) is 0 Å². The lowest BCUT2D eigenvalue weighted by molar-refractivity contribution is -0.130. The third-order valence-electron chi connectivity index (χ3n) is 4.18. The third kappa shape index (κ3) is 3.22. The summed E-state index contributed by atoms with van der Waals surface area (Å²) < 4.78 is 6.74. The van der Waals surface area contributed by atoms with E-state index < -0.39 is 5.41 Å². The highest BCUT2D eigenvalue weighted by molar-refractivity contribution is 5.95. The molecule has 1 atom stereocenters. The second kappa shape index (κ2) is 6.31. The molecule has 2 amide bonds. The van der Waals surface area contributed by atoms with Crippen LogP contribution in [0, 0.1) is 5.41 Å². The van der Waals surface area contributed by atoms with Crippen LogP contribution in [0.4, 0.5) is 5.82 Å². The summed E-state index contributed by atoms with van der Waals surface area (Å²) in [5, 5.41) is 13.5. The maximum Gasteiger partial charge on any atom is 0.233 e. The van der Waals surface area contributed by atoms with Gasteiger partial charge in [-0.25, -0.2) is 4.68 Å².